The lowest BCUT2D eigenvalue weighted by Crippen LogP contribution is -2.20. The Labute approximate surface area is 144 Å². The van der Waals surface area contributed by atoms with Crippen LogP contribution >= 0.6 is 0 Å². The number of hydrogen-bond donors (Lipinski definition) is 0. The highest BCUT2D eigenvalue weighted by molar-refractivity contribution is 5.61. The van der Waals surface area contributed by atoms with E-state index in [-0.39, 0.29) is 5.41 Å². The highest BCUT2D eigenvalue weighted by Gasteiger charge is 2.23. The van der Waals surface area contributed by atoms with Gasteiger partial charge in [0, 0.05) is 17.9 Å². The summed E-state index contributed by atoms with van der Waals surface area (Å²) < 4.78 is 32.5. The molecule has 5 nitrogen and oxygen atoms in total. The van der Waals surface area contributed by atoms with Gasteiger partial charge in [-0.15, -0.1) is 10.2 Å². The Morgan fingerprint density at radius 3 is 2.24 bits per heavy atom. The van der Waals surface area contributed by atoms with E-state index in [0.717, 1.165) is 24.0 Å². The molecule has 3 rings (SSSR count). The molecule has 0 amide bonds. The van der Waals surface area contributed by atoms with Gasteiger partial charge >= 0.3 is 0 Å². The van der Waals surface area contributed by atoms with E-state index in [9.17, 15) is 8.78 Å². The van der Waals surface area contributed by atoms with Gasteiger partial charge in [0.25, 0.3) is 5.92 Å². The lowest BCUT2D eigenvalue weighted by atomic mass is 9.96. The first-order valence-corrected chi connectivity index (χ1v) is 7.97. The third-order valence-corrected chi connectivity index (χ3v) is 3.58. The van der Waals surface area contributed by atoms with Crippen LogP contribution in [0.5, 0.6) is 5.75 Å². The minimum absolute atomic E-state index is 0.186. The van der Waals surface area contributed by atoms with E-state index in [4.69, 9.17) is 4.74 Å². The molecule has 2 aromatic heterocycles. The molecule has 7 heteroatoms. The van der Waals surface area contributed by atoms with Gasteiger partial charge in [0.05, 0.1) is 5.69 Å². The Kier molecular flexibility index (Phi) is 4.18. The van der Waals surface area contributed by atoms with Crippen LogP contribution in [-0.4, -0.2) is 32.3 Å². The van der Waals surface area contributed by atoms with Crippen molar-refractivity contribution in [2.75, 3.05) is 6.61 Å². The Bertz CT molecular complexity index is 877. The van der Waals surface area contributed by atoms with Gasteiger partial charge < -0.3 is 4.74 Å². The summed E-state index contributed by atoms with van der Waals surface area (Å²) in [5.74, 6) is -1.69. The summed E-state index contributed by atoms with van der Waals surface area (Å²) in [6.45, 7) is 6.33. The van der Waals surface area contributed by atoms with Crippen molar-refractivity contribution in [1.82, 2.24) is 19.8 Å². The van der Waals surface area contributed by atoms with Crippen molar-refractivity contribution >= 4 is 5.65 Å². The Hall–Kier alpha value is -2.57. The maximum Gasteiger partial charge on any atom is 0.278 e. The van der Waals surface area contributed by atoms with Crippen LogP contribution in [0.3, 0.4) is 0 Å². The zero-order valence-electron chi connectivity index (χ0n) is 14.6. The first-order chi connectivity index (χ1) is 11.6. The molecule has 0 saturated heterocycles. The van der Waals surface area contributed by atoms with Crippen LogP contribution in [0.2, 0.25) is 0 Å². The largest absolute Gasteiger partial charge is 0.487 e. The number of hydrogen-bond acceptors (Lipinski definition) is 4. The Morgan fingerprint density at radius 2 is 1.64 bits per heavy atom. The smallest absolute Gasteiger partial charge is 0.278 e. The number of nitrogens with zero attached hydrogens (tertiary/aromatic N) is 4. The van der Waals surface area contributed by atoms with Gasteiger partial charge in [0.1, 0.15) is 5.75 Å². The topological polar surface area (TPSA) is 52.3 Å². The molecular formula is C18H20F2N4O. The average Bonchev–Trinajstić information content (AvgIpc) is 2.96. The van der Waals surface area contributed by atoms with Gasteiger partial charge in [-0.1, -0.05) is 20.8 Å². The Balaban J connectivity index is 1.89. The van der Waals surface area contributed by atoms with E-state index in [0.29, 0.717) is 11.4 Å². The molecule has 0 atom stereocenters. The van der Waals surface area contributed by atoms with Crippen LogP contribution in [0.4, 0.5) is 8.78 Å². The highest BCUT2D eigenvalue weighted by atomic mass is 19.3. The monoisotopic (exact) mass is 346 g/mol. The molecular weight excluding hydrogens is 326 g/mol. The zero-order chi connectivity index (χ0) is 18.2. The molecule has 0 aliphatic carbocycles. The SMILES string of the molecule is CC(F)(F)COc1ccc(-c2ccc3nnc(C(C)(C)C)n3n2)cc1. The van der Waals surface area contributed by atoms with Gasteiger partial charge in [-0.25, -0.2) is 8.78 Å². The van der Waals surface area contributed by atoms with E-state index < -0.39 is 12.5 Å². The number of ether oxygens (including phenoxy) is 1. The fourth-order valence-corrected chi connectivity index (χ4v) is 2.34. The molecule has 0 spiro atoms. The van der Waals surface area contributed by atoms with Crippen molar-refractivity contribution in [1.29, 1.82) is 0 Å². The third-order valence-electron chi connectivity index (χ3n) is 3.58. The van der Waals surface area contributed by atoms with Crippen LogP contribution in [0, 0.1) is 0 Å². The molecule has 1 aromatic carbocycles. The molecule has 0 fully saturated rings. The van der Waals surface area contributed by atoms with Crippen molar-refractivity contribution in [2.24, 2.45) is 0 Å². The van der Waals surface area contributed by atoms with Crippen molar-refractivity contribution in [2.45, 2.75) is 39.0 Å². The van der Waals surface area contributed by atoms with Gasteiger partial charge in [0.15, 0.2) is 18.1 Å². The van der Waals surface area contributed by atoms with E-state index in [2.05, 4.69) is 15.3 Å². The van der Waals surface area contributed by atoms with E-state index in [1.54, 1.807) is 28.8 Å². The average molecular weight is 346 g/mol. The molecule has 0 unspecified atom stereocenters. The number of fused-ring (bicyclic) bond motifs is 1. The first-order valence-electron chi connectivity index (χ1n) is 7.97. The summed E-state index contributed by atoms with van der Waals surface area (Å²) in [4.78, 5) is 0. The van der Waals surface area contributed by atoms with Gasteiger partial charge in [0.2, 0.25) is 0 Å². The second kappa shape index (κ2) is 6.06. The second-order valence-corrected chi connectivity index (χ2v) is 7.15. The molecule has 0 N–H and O–H groups in total. The van der Waals surface area contributed by atoms with Crippen LogP contribution in [0.15, 0.2) is 36.4 Å². The standard InChI is InChI=1S/C18H20F2N4O/c1-17(2,3)16-22-21-15-10-9-14(23-24(15)16)12-5-7-13(8-6-12)25-11-18(4,19)20/h5-10H,11H2,1-4H3. The van der Waals surface area contributed by atoms with Crippen molar-refractivity contribution < 1.29 is 13.5 Å². The Morgan fingerprint density at radius 1 is 0.960 bits per heavy atom. The summed E-state index contributed by atoms with van der Waals surface area (Å²) in [5, 5.41) is 13.0. The maximum atomic E-state index is 12.9. The summed E-state index contributed by atoms with van der Waals surface area (Å²) in [6.07, 6.45) is 0. The maximum absolute atomic E-state index is 12.9. The van der Waals surface area contributed by atoms with Crippen LogP contribution in [0.1, 0.15) is 33.5 Å². The minimum atomic E-state index is -2.86. The summed E-state index contributed by atoms with van der Waals surface area (Å²) in [6, 6.07) is 10.6. The van der Waals surface area contributed by atoms with E-state index in [1.165, 1.54) is 0 Å². The van der Waals surface area contributed by atoms with Gasteiger partial charge in [-0.05, 0) is 36.4 Å². The fraction of sp³-hybridized carbons (Fsp3) is 0.389. The second-order valence-electron chi connectivity index (χ2n) is 7.15. The lowest BCUT2D eigenvalue weighted by molar-refractivity contribution is -0.0229. The molecule has 3 aromatic rings. The molecule has 0 radical (unpaired) electrons. The zero-order valence-corrected chi connectivity index (χ0v) is 14.6. The van der Waals surface area contributed by atoms with Crippen molar-refractivity contribution in [3.63, 3.8) is 0 Å². The van der Waals surface area contributed by atoms with Gasteiger partial charge in [-0.2, -0.15) is 9.61 Å². The molecule has 0 aliphatic rings. The quantitative estimate of drug-likeness (QED) is 0.713. The normalized spacial score (nSPS) is 12.6. The van der Waals surface area contributed by atoms with Crippen LogP contribution in [0.25, 0.3) is 16.9 Å². The number of rotatable bonds is 4. The third kappa shape index (κ3) is 3.92. The first kappa shape index (κ1) is 17.3. The predicted octanol–water partition coefficient (Wildman–Crippen LogP) is 4.12. The van der Waals surface area contributed by atoms with E-state index in [1.807, 2.05) is 32.9 Å². The van der Waals surface area contributed by atoms with Gasteiger partial charge in [-0.3, -0.25) is 0 Å². The molecule has 0 bridgehead atoms. The number of halogens is 2. The van der Waals surface area contributed by atoms with Crippen LogP contribution in [-0.2, 0) is 5.41 Å². The van der Waals surface area contributed by atoms with Crippen molar-refractivity contribution in [3.8, 4) is 17.0 Å². The molecule has 0 aliphatic heterocycles. The molecule has 25 heavy (non-hydrogen) atoms. The van der Waals surface area contributed by atoms with Crippen molar-refractivity contribution in [3.05, 3.63) is 42.2 Å². The highest BCUT2D eigenvalue weighted by Crippen LogP contribution is 2.24. The summed E-state index contributed by atoms with van der Waals surface area (Å²) >= 11 is 0. The lowest BCUT2D eigenvalue weighted by Gasteiger charge is -2.15. The van der Waals surface area contributed by atoms with Crippen LogP contribution < -0.4 is 4.74 Å². The summed E-state index contributed by atoms with van der Waals surface area (Å²) in [7, 11) is 0. The number of alkyl halides is 2. The minimum Gasteiger partial charge on any atom is -0.487 e. The fourth-order valence-electron chi connectivity index (χ4n) is 2.34. The molecule has 0 saturated carbocycles. The number of aromatic nitrogens is 4. The molecule has 132 valence electrons. The predicted molar refractivity (Wildman–Crippen MR) is 91.0 cm³/mol. The van der Waals surface area contributed by atoms with E-state index >= 15 is 0 Å². The number of benzene rings is 1. The summed E-state index contributed by atoms with van der Waals surface area (Å²) in [5.41, 5.74) is 2.09. The molecule has 2 heterocycles.